The van der Waals surface area contributed by atoms with Gasteiger partial charge in [-0.05, 0) is 31.1 Å². The molecule has 0 radical (unpaired) electrons. The fourth-order valence-electron chi connectivity index (χ4n) is 3.88. The highest BCUT2D eigenvalue weighted by Gasteiger charge is 2.35. The number of fused-ring (bicyclic) bond motifs is 2. The molecule has 0 aliphatic rings. The Morgan fingerprint density at radius 1 is 0.824 bits per heavy atom. The summed E-state index contributed by atoms with van der Waals surface area (Å²) in [4.78, 5) is 7.83. The Kier molecular flexibility index (Phi) is 7.52. The number of nitrogens with two attached hydrogens (primary N) is 1. The van der Waals surface area contributed by atoms with Gasteiger partial charge in [0.15, 0.2) is 0 Å². The van der Waals surface area contributed by atoms with E-state index in [1.54, 1.807) is 0 Å². The van der Waals surface area contributed by atoms with E-state index < -0.39 is 35.6 Å². The fraction of sp³-hybridized carbons (Fsp3) is 0.619. The molecule has 0 atom stereocenters. The summed E-state index contributed by atoms with van der Waals surface area (Å²) in [6.45, 7) is 10.0. The Morgan fingerprint density at radius 2 is 1.29 bits per heavy atom. The fourth-order valence-corrected chi connectivity index (χ4v) is 8.60. The predicted octanol–water partition coefficient (Wildman–Crippen LogP) is 5.13. The number of thiazole rings is 2. The van der Waals surface area contributed by atoms with Crippen molar-refractivity contribution in [1.82, 2.24) is 9.97 Å². The van der Waals surface area contributed by atoms with E-state index in [-0.39, 0.29) is 25.8 Å². The van der Waals surface area contributed by atoms with E-state index in [1.807, 2.05) is 13.8 Å². The van der Waals surface area contributed by atoms with Crippen molar-refractivity contribution in [3.05, 3.63) is 10.0 Å². The molecule has 1 aromatic carbocycles. The minimum atomic E-state index is -4.81. The maximum atomic E-state index is 12.5. The molecular weight excluding hydrogens is 519 g/mol. The smallest absolute Gasteiger partial charge is 0.298 e. The standard InChI is InChI=1S/C21H31N3O6S4/c1-6-20(5,7-2)11-10-12-23-13-15(31-12)18(34(28,29)30)14-16(17(13)33(25,26)27)32-19(24-14)21(22,8-3)9-4/h6-11,22H2,1-5H3,(H,25,26,27)(H,28,29,30). The van der Waals surface area contributed by atoms with Crippen molar-refractivity contribution in [2.75, 3.05) is 0 Å². The van der Waals surface area contributed by atoms with Gasteiger partial charge in [0, 0.05) is 0 Å². The third kappa shape index (κ3) is 4.88. The van der Waals surface area contributed by atoms with E-state index in [1.165, 1.54) is 0 Å². The summed E-state index contributed by atoms with van der Waals surface area (Å²) in [5.41, 5.74) is 5.17. The molecule has 0 saturated heterocycles. The maximum absolute atomic E-state index is 12.5. The zero-order valence-electron chi connectivity index (χ0n) is 19.9. The maximum Gasteiger partial charge on any atom is 0.298 e. The molecule has 13 heteroatoms. The second-order valence-corrected chi connectivity index (χ2v) is 13.8. The molecule has 2 heterocycles. The molecule has 0 spiro atoms. The van der Waals surface area contributed by atoms with Crippen LogP contribution in [0.15, 0.2) is 9.79 Å². The molecule has 3 aromatic rings. The summed E-state index contributed by atoms with van der Waals surface area (Å²) >= 11 is 1.89. The van der Waals surface area contributed by atoms with E-state index in [0.29, 0.717) is 29.3 Å². The lowest BCUT2D eigenvalue weighted by molar-refractivity contribution is 0.273. The van der Waals surface area contributed by atoms with Crippen LogP contribution in [-0.4, -0.2) is 35.9 Å². The molecule has 2 aromatic heterocycles. The Hall–Kier alpha value is -1.22. The molecule has 0 saturated carbocycles. The van der Waals surface area contributed by atoms with Crippen LogP contribution in [0.3, 0.4) is 0 Å². The Balaban J connectivity index is 2.41. The lowest BCUT2D eigenvalue weighted by Gasteiger charge is -2.25. The number of aryl methyl sites for hydroxylation is 1. The Bertz CT molecular complexity index is 1350. The second-order valence-electron chi connectivity index (χ2n) is 8.97. The number of nitrogens with zero attached hydrogens (tertiary/aromatic N) is 2. The molecule has 3 rings (SSSR count). The minimum absolute atomic E-state index is 0.0419. The molecule has 0 aliphatic carbocycles. The van der Waals surface area contributed by atoms with Crippen LogP contribution in [0.1, 0.15) is 76.7 Å². The summed E-state index contributed by atoms with van der Waals surface area (Å²) in [5, 5.41) is 0.841. The number of rotatable bonds is 10. The van der Waals surface area contributed by atoms with Gasteiger partial charge in [0.1, 0.15) is 25.8 Å². The van der Waals surface area contributed by atoms with Crippen molar-refractivity contribution in [2.45, 2.75) is 88.5 Å². The Morgan fingerprint density at radius 3 is 1.74 bits per heavy atom. The van der Waals surface area contributed by atoms with Crippen LogP contribution in [-0.2, 0) is 32.2 Å². The largest absolute Gasteiger partial charge is 0.319 e. The first-order chi connectivity index (χ1) is 15.6. The molecule has 4 N–H and O–H groups in total. The van der Waals surface area contributed by atoms with Gasteiger partial charge in [-0.1, -0.05) is 47.5 Å². The summed E-state index contributed by atoms with van der Waals surface area (Å²) in [5.74, 6) is 0. The second kappa shape index (κ2) is 9.34. The van der Waals surface area contributed by atoms with Crippen molar-refractivity contribution >= 4 is 63.3 Å². The molecule has 34 heavy (non-hydrogen) atoms. The van der Waals surface area contributed by atoms with Crippen LogP contribution in [0.25, 0.3) is 20.4 Å². The van der Waals surface area contributed by atoms with Crippen LogP contribution in [0.2, 0.25) is 0 Å². The van der Waals surface area contributed by atoms with Gasteiger partial charge in [0.05, 0.1) is 19.9 Å². The van der Waals surface area contributed by atoms with Crippen LogP contribution < -0.4 is 5.73 Å². The zero-order valence-corrected chi connectivity index (χ0v) is 23.1. The van der Waals surface area contributed by atoms with E-state index in [0.717, 1.165) is 41.9 Å². The average Bonchev–Trinajstić information content (AvgIpc) is 3.37. The lowest BCUT2D eigenvalue weighted by atomic mass is 9.80. The van der Waals surface area contributed by atoms with Crippen LogP contribution in [0, 0.1) is 5.41 Å². The first-order valence-electron chi connectivity index (χ1n) is 11.1. The van der Waals surface area contributed by atoms with Gasteiger partial charge in [-0.25, -0.2) is 9.97 Å². The molecule has 0 bridgehead atoms. The van der Waals surface area contributed by atoms with Gasteiger partial charge in [0.2, 0.25) is 0 Å². The van der Waals surface area contributed by atoms with Gasteiger partial charge in [0.25, 0.3) is 20.2 Å². The number of hydrogen-bond donors (Lipinski definition) is 3. The van der Waals surface area contributed by atoms with Gasteiger partial charge in [-0.3, -0.25) is 9.11 Å². The van der Waals surface area contributed by atoms with Gasteiger partial charge < -0.3 is 5.73 Å². The number of aromatic nitrogens is 2. The molecule has 0 fully saturated rings. The molecule has 190 valence electrons. The highest BCUT2D eigenvalue weighted by molar-refractivity contribution is 7.87. The molecular formula is C21H31N3O6S4. The van der Waals surface area contributed by atoms with Crippen molar-refractivity contribution in [3.63, 3.8) is 0 Å². The van der Waals surface area contributed by atoms with Gasteiger partial charge >= 0.3 is 0 Å². The van der Waals surface area contributed by atoms with E-state index in [2.05, 4.69) is 30.7 Å². The summed E-state index contributed by atoms with van der Waals surface area (Å²) in [6, 6.07) is 0. The van der Waals surface area contributed by atoms with E-state index in [9.17, 15) is 25.9 Å². The zero-order chi connectivity index (χ0) is 25.7. The van der Waals surface area contributed by atoms with E-state index in [4.69, 9.17) is 5.73 Å². The predicted molar refractivity (Wildman–Crippen MR) is 136 cm³/mol. The van der Waals surface area contributed by atoms with Crippen molar-refractivity contribution in [3.8, 4) is 0 Å². The van der Waals surface area contributed by atoms with Crippen molar-refractivity contribution in [2.24, 2.45) is 11.1 Å². The third-order valence-electron chi connectivity index (χ3n) is 6.99. The highest BCUT2D eigenvalue weighted by atomic mass is 32.2. The monoisotopic (exact) mass is 549 g/mol. The summed E-state index contributed by atoms with van der Waals surface area (Å²) in [6.07, 6.45) is 4.09. The number of benzene rings is 1. The van der Waals surface area contributed by atoms with Crippen molar-refractivity contribution in [1.29, 1.82) is 0 Å². The van der Waals surface area contributed by atoms with Gasteiger partial charge in [-0.2, -0.15) is 16.8 Å². The van der Waals surface area contributed by atoms with Crippen LogP contribution in [0.4, 0.5) is 0 Å². The first-order valence-corrected chi connectivity index (χ1v) is 15.7. The Labute approximate surface area is 208 Å². The summed E-state index contributed by atoms with van der Waals surface area (Å²) in [7, 11) is -9.61. The van der Waals surface area contributed by atoms with Crippen molar-refractivity contribution < 1.29 is 25.9 Å². The molecule has 0 unspecified atom stereocenters. The normalized spacial score (nSPS) is 13.9. The third-order valence-corrected chi connectivity index (χ3v) is 11.5. The minimum Gasteiger partial charge on any atom is -0.319 e. The summed E-state index contributed by atoms with van der Waals surface area (Å²) < 4.78 is 70.1. The quantitative estimate of drug-likeness (QED) is 0.291. The first kappa shape index (κ1) is 27.4. The van der Waals surface area contributed by atoms with Crippen LogP contribution in [0.5, 0.6) is 0 Å². The van der Waals surface area contributed by atoms with E-state index >= 15 is 0 Å². The molecule has 0 aliphatic heterocycles. The molecule has 0 amide bonds. The lowest BCUT2D eigenvalue weighted by Crippen LogP contribution is -2.34. The van der Waals surface area contributed by atoms with Crippen LogP contribution >= 0.6 is 22.7 Å². The van der Waals surface area contributed by atoms with Gasteiger partial charge in [-0.15, -0.1) is 22.7 Å². The topological polar surface area (TPSA) is 161 Å². The highest BCUT2D eigenvalue weighted by Crippen LogP contribution is 2.45. The average molecular weight is 550 g/mol. The number of hydrogen-bond acceptors (Lipinski definition) is 9. The SMILES string of the molecule is CCC(C)(CC)CCc1nc2c(S(=O)(=O)O)c3sc(C(N)(CC)CC)nc3c(S(=O)(=O)O)c2s1. The molecule has 9 nitrogen and oxygen atoms in total.